The van der Waals surface area contributed by atoms with Crippen LogP contribution in [0.15, 0.2) is 35.3 Å². The first-order chi connectivity index (χ1) is 8.76. The van der Waals surface area contributed by atoms with Gasteiger partial charge < -0.3 is 14.4 Å². The summed E-state index contributed by atoms with van der Waals surface area (Å²) in [7, 11) is 0. The van der Waals surface area contributed by atoms with E-state index in [0.717, 1.165) is 11.1 Å². The molecule has 1 aromatic heterocycles. The van der Waals surface area contributed by atoms with E-state index in [1.54, 1.807) is 16.8 Å². The number of ether oxygens (including phenoxy) is 1. The molecule has 0 radical (unpaired) electrons. The fourth-order valence-electron chi connectivity index (χ4n) is 1.94. The Balaban J connectivity index is 2.42. The molecule has 0 amide bonds. The van der Waals surface area contributed by atoms with Gasteiger partial charge in [-0.2, -0.15) is 0 Å². The number of hydrogen-bond acceptors (Lipinski definition) is 3. The van der Waals surface area contributed by atoms with Gasteiger partial charge in [0.25, 0.3) is 5.56 Å². The van der Waals surface area contributed by atoms with Crippen LogP contribution >= 0.6 is 0 Å². The van der Waals surface area contributed by atoms with E-state index in [2.05, 4.69) is 0 Å². The van der Waals surface area contributed by atoms with Crippen molar-refractivity contribution < 1.29 is 9.84 Å². The third-order valence-corrected chi connectivity index (χ3v) is 2.82. The van der Waals surface area contributed by atoms with Crippen LogP contribution < -0.4 is 10.3 Å². The second-order valence-electron chi connectivity index (χ2n) is 4.07. The predicted molar refractivity (Wildman–Crippen MR) is 71.1 cm³/mol. The summed E-state index contributed by atoms with van der Waals surface area (Å²) in [6, 6.07) is 7.37. The van der Waals surface area contributed by atoms with Gasteiger partial charge in [-0.15, -0.1) is 0 Å². The Labute approximate surface area is 105 Å². The lowest BCUT2D eigenvalue weighted by Crippen LogP contribution is -2.19. The zero-order valence-corrected chi connectivity index (χ0v) is 10.4. The van der Waals surface area contributed by atoms with E-state index in [1.165, 1.54) is 0 Å². The Morgan fingerprint density at radius 3 is 2.89 bits per heavy atom. The van der Waals surface area contributed by atoms with Crippen LogP contribution in [0.1, 0.15) is 13.3 Å². The fourth-order valence-corrected chi connectivity index (χ4v) is 1.94. The third-order valence-electron chi connectivity index (χ3n) is 2.82. The first-order valence-corrected chi connectivity index (χ1v) is 6.13. The van der Waals surface area contributed by atoms with Gasteiger partial charge >= 0.3 is 0 Å². The monoisotopic (exact) mass is 247 g/mol. The highest BCUT2D eigenvalue weighted by atomic mass is 16.5. The van der Waals surface area contributed by atoms with Gasteiger partial charge in [0.2, 0.25) is 0 Å². The molecule has 18 heavy (non-hydrogen) atoms. The molecule has 0 saturated heterocycles. The summed E-state index contributed by atoms with van der Waals surface area (Å²) in [4.78, 5) is 12.1. The summed E-state index contributed by atoms with van der Waals surface area (Å²) in [5, 5.41) is 10.4. The average molecular weight is 247 g/mol. The maximum absolute atomic E-state index is 12.1. The quantitative estimate of drug-likeness (QED) is 0.876. The van der Waals surface area contributed by atoms with Crippen molar-refractivity contribution in [3.8, 4) is 5.75 Å². The maximum atomic E-state index is 12.1. The van der Waals surface area contributed by atoms with E-state index in [-0.39, 0.29) is 12.2 Å². The SMILES string of the molecule is CCOc1ccc2c(=O)n(CCCO)ccc2c1. The molecule has 2 rings (SSSR count). The normalized spacial score (nSPS) is 10.8. The molecule has 0 bridgehead atoms. The van der Waals surface area contributed by atoms with Crippen LogP contribution in [-0.2, 0) is 6.54 Å². The first-order valence-electron chi connectivity index (χ1n) is 6.13. The molecule has 0 aliphatic carbocycles. The number of nitrogens with zero attached hydrogens (tertiary/aromatic N) is 1. The Bertz CT molecular complexity index is 589. The van der Waals surface area contributed by atoms with Crippen molar-refractivity contribution in [2.75, 3.05) is 13.2 Å². The molecular weight excluding hydrogens is 230 g/mol. The van der Waals surface area contributed by atoms with E-state index < -0.39 is 0 Å². The van der Waals surface area contributed by atoms with Crippen molar-refractivity contribution in [1.29, 1.82) is 0 Å². The van der Waals surface area contributed by atoms with Crippen LogP contribution in [0.3, 0.4) is 0 Å². The summed E-state index contributed by atoms with van der Waals surface area (Å²) < 4.78 is 7.03. The zero-order chi connectivity index (χ0) is 13.0. The van der Waals surface area contributed by atoms with Crippen LogP contribution in [-0.4, -0.2) is 22.9 Å². The van der Waals surface area contributed by atoms with Crippen LogP contribution in [0.25, 0.3) is 10.8 Å². The number of hydrogen-bond donors (Lipinski definition) is 1. The topological polar surface area (TPSA) is 51.5 Å². The van der Waals surface area contributed by atoms with E-state index in [1.807, 2.05) is 25.1 Å². The number of fused-ring (bicyclic) bond motifs is 1. The van der Waals surface area contributed by atoms with Crippen molar-refractivity contribution in [3.63, 3.8) is 0 Å². The van der Waals surface area contributed by atoms with Crippen LogP contribution in [0.2, 0.25) is 0 Å². The van der Waals surface area contributed by atoms with E-state index >= 15 is 0 Å². The summed E-state index contributed by atoms with van der Waals surface area (Å²) in [5.74, 6) is 0.775. The van der Waals surface area contributed by atoms with Crippen molar-refractivity contribution in [2.45, 2.75) is 19.9 Å². The van der Waals surface area contributed by atoms with E-state index in [9.17, 15) is 4.79 Å². The Hall–Kier alpha value is -1.81. The molecule has 0 fully saturated rings. The standard InChI is InChI=1S/C14H17NO3/c1-2-18-12-4-5-13-11(10-12)6-8-15(14(13)17)7-3-9-16/h4-6,8,10,16H,2-3,7,9H2,1H3. The summed E-state index contributed by atoms with van der Waals surface area (Å²) in [6.07, 6.45) is 2.35. The highest BCUT2D eigenvalue weighted by Gasteiger charge is 2.03. The van der Waals surface area contributed by atoms with E-state index in [0.29, 0.717) is 25.0 Å². The van der Waals surface area contributed by atoms with Crippen molar-refractivity contribution in [2.24, 2.45) is 0 Å². The largest absolute Gasteiger partial charge is 0.494 e. The van der Waals surface area contributed by atoms with Gasteiger partial charge in [0, 0.05) is 24.7 Å². The van der Waals surface area contributed by atoms with E-state index in [4.69, 9.17) is 9.84 Å². The lowest BCUT2D eigenvalue weighted by Gasteiger charge is -2.08. The smallest absolute Gasteiger partial charge is 0.258 e. The lowest BCUT2D eigenvalue weighted by molar-refractivity contribution is 0.279. The van der Waals surface area contributed by atoms with Gasteiger partial charge in [-0.1, -0.05) is 0 Å². The molecule has 0 unspecified atom stereocenters. The first kappa shape index (κ1) is 12.6. The predicted octanol–water partition coefficient (Wildman–Crippen LogP) is 1.78. The highest BCUT2D eigenvalue weighted by molar-refractivity contribution is 5.82. The highest BCUT2D eigenvalue weighted by Crippen LogP contribution is 2.18. The van der Waals surface area contributed by atoms with Gasteiger partial charge in [-0.25, -0.2) is 0 Å². The molecule has 96 valence electrons. The van der Waals surface area contributed by atoms with Crippen LogP contribution in [0.5, 0.6) is 5.75 Å². The molecule has 0 atom stereocenters. The zero-order valence-electron chi connectivity index (χ0n) is 10.4. The molecule has 0 aliphatic heterocycles. The molecule has 4 heteroatoms. The number of aliphatic hydroxyl groups is 1. The van der Waals surface area contributed by atoms with Gasteiger partial charge in [0.1, 0.15) is 5.75 Å². The lowest BCUT2D eigenvalue weighted by atomic mass is 10.1. The number of pyridine rings is 1. The van der Waals surface area contributed by atoms with Gasteiger partial charge in [-0.05, 0) is 43.0 Å². The molecule has 0 saturated carbocycles. The second-order valence-corrected chi connectivity index (χ2v) is 4.07. The summed E-state index contributed by atoms with van der Waals surface area (Å²) >= 11 is 0. The van der Waals surface area contributed by atoms with Gasteiger partial charge in [0.15, 0.2) is 0 Å². The Morgan fingerprint density at radius 1 is 1.33 bits per heavy atom. The second kappa shape index (κ2) is 5.69. The minimum Gasteiger partial charge on any atom is -0.494 e. The Morgan fingerprint density at radius 2 is 2.17 bits per heavy atom. The minimum absolute atomic E-state index is 0.0241. The van der Waals surface area contributed by atoms with Crippen LogP contribution in [0.4, 0.5) is 0 Å². The molecule has 0 aliphatic rings. The fraction of sp³-hybridized carbons (Fsp3) is 0.357. The number of aromatic nitrogens is 1. The van der Waals surface area contributed by atoms with Crippen molar-refractivity contribution in [3.05, 3.63) is 40.8 Å². The average Bonchev–Trinajstić information content (AvgIpc) is 2.38. The number of benzene rings is 1. The molecule has 1 heterocycles. The maximum Gasteiger partial charge on any atom is 0.258 e. The molecule has 1 N–H and O–H groups in total. The summed E-state index contributed by atoms with van der Waals surface area (Å²) in [5.41, 5.74) is -0.0241. The van der Waals surface area contributed by atoms with Gasteiger partial charge in [-0.3, -0.25) is 4.79 Å². The molecule has 1 aromatic carbocycles. The van der Waals surface area contributed by atoms with Crippen molar-refractivity contribution in [1.82, 2.24) is 4.57 Å². The minimum atomic E-state index is -0.0241. The molecule has 4 nitrogen and oxygen atoms in total. The molecule has 0 spiro atoms. The molecular formula is C14H17NO3. The summed E-state index contributed by atoms with van der Waals surface area (Å²) in [6.45, 7) is 3.17. The Kier molecular flexibility index (Phi) is 3.99. The number of rotatable bonds is 5. The third kappa shape index (κ3) is 2.54. The number of aryl methyl sites for hydroxylation is 1. The van der Waals surface area contributed by atoms with Gasteiger partial charge in [0.05, 0.1) is 6.61 Å². The number of aliphatic hydroxyl groups excluding tert-OH is 1. The van der Waals surface area contributed by atoms with Crippen molar-refractivity contribution >= 4 is 10.8 Å². The molecule has 2 aromatic rings. The van der Waals surface area contributed by atoms with Crippen LogP contribution in [0, 0.1) is 0 Å².